The van der Waals surface area contributed by atoms with Crippen molar-refractivity contribution in [2.75, 3.05) is 12.8 Å². The molecule has 0 unspecified atom stereocenters. The lowest BCUT2D eigenvalue weighted by molar-refractivity contribution is 0.372. The Morgan fingerprint density at radius 1 is 1.50 bits per heavy atom. The first-order valence-electron chi connectivity index (χ1n) is 4.82. The van der Waals surface area contributed by atoms with Crippen LogP contribution in [0.2, 0.25) is 0 Å². The van der Waals surface area contributed by atoms with E-state index < -0.39 is 15.8 Å². The molecule has 1 aromatic heterocycles. The standard InChI is InChI=1S/C8H15N3O4S/c1-6(2)7-10-15-8(12)11(7)5-4-9-16(3,13)14/h6,9H,4-5H2,1-3H3. The fourth-order valence-corrected chi connectivity index (χ4v) is 1.71. The van der Waals surface area contributed by atoms with Crippen molar-refractivity contribution in [1.29, 1.82) is 0 Å². The molecular formula is C8H15N3O4S. The molecule has 0 atom stereocenters. The molecule has 1 heterocycles. The fourth-order valence-electron chi connectivity index (χ4n) is 1.24. The Bertz CT molecular complexity index is 500. The van der Waals surface area contributed by atoms with Crippen LogP contribution in [0.5, 0.6) is 0 Å². The number of sulfonamides is 1. The van der Waals surface area contributed by atoms with E-state index >= 15 is 0 Å². The van der Waals surface area contributed by atoms with E-state index in [2.05, 4.69) is 14.4 Å². The van der Waals surface area contributed by atoms with Crippen molar-refractivity contribution in [2.24, 2.45) is 0 Å². The van der Waals surface area contributed by atoms with Crippen molar-refractivity contribution in [2.45, 2.75) is 26.3 Å². The minimum atomic E-state index is -3.24. The molecule has 92 valence electrons. The van der Waals surface area contributed by atoms with Gasteiger partial charge in [-0.15, -0.1) is 0 Å². The predicted molar refractivity (Wildman–Crippen MR) is 57.7 cm³/mol. The highest BCUT2D eigenvalue weighted by Gasteiger charge is 2.13. The van der Waals surface area contributed by atoms with E-state index in [0.717, 1.165) is 6.26 Å². The number of nitrogens with zero attached hydrogens (tertiary/aromatic N) is 2. The van der Waals surface area contributed by atoms with Crippen LogP contribution in [-0.4, -0.2) is 30.9 Å². The summed E-state index contributed by atoms with van der Waals surface area (Å²) in [7, 11) is -3.24. The maximum absolute atomic E-state index is 11.3. The molecule has 1 rings (SSSR count). The Balaban J connectivity index is 2.74. The minimum Gasteiger partial charge on any atom is -0.296 e. The highest BCUT2D eigenvalue weighted by atomic mass is 32.2. The van der Waals surface area contributed by atoms with Crippen molar-refractivity contribution >= 4 is 10.0 Å². The third-order valence-electron chi connectivity index (χ3n) is 1.93. The maximum atomic E-state index is 11.3. The molecule has 0 spiro atoms. The Morgan fingerprint density at radius 2 is 2.12 bits per heavy atom. The van der Waals surface area contributed by atoms with Gasteiger partial charge in [0, 0.05) is 19.0 Å². The van der Waals surface area contributed by atoms with Crippen LogP contribution in [-0.2, 0) is 16.6 Å². The van der Waals surface area contributed by atoms with Gasteiger partial charge in [0.25, 0.3) is 0 Å². The summed E-state index contributed by atoms with van der Waals surface area (Å²) in [5.74, 6) is -0.0102. The van der Waals surface area contributed by atoms with Gasteiger partial charge in [0.15, 0.2) is 5.82 Å². The summed E-state index contributed by atoms with van der Waals surface area (Å²) in [6.07, 6.45) is 1.06. The van der Waals surface area contributed by atoms with Gasteiger partial charge in [-0.05, 0) is 0 Å². The zero-order chi connectivity index (χ0) is 12.3. The molecule has 0 saturated carbocycles. The fraction of sp³-hybridized carbons (Fsp3) is 0.750. The number of aromatic nitrogens is 2. The molecule has 0 aliphatic rings. The van der Waals surface area contributed by atoms with Crippen molar-refractivity contribution in [3.63, 3.8) is 0 Å². The summed E-state index contributed by atoms with van der Waals surface area (Å²) >= 11 is 0. The zero-order valence-corrected chi connectivity index (χ0v) is 10.2. The second-order valence-electron chi connectivity index (χ2n) is 3.78. The highest BCUT2D eigenvalue weighted by molar-refractivity contribution is 7.88. The molecule has 0 radical (unpaired) electrons. The Kier molecular flexibility index (Phi) is 3.87. The van der Waals surface area contributed by atoms with E-state index in [-0.39, 0.29) is 19.0 Å². The number of hydrogen-bond donors (Lipinski definition) is 1. The zero-order valence-electron chi connectivity index (χ0n) is 9.43. The largest absolute Gasteiger partial charge is 0.441 e. The summed E-state index contributed by atoms with van der Waals surface area (Å²) in [5, 5.41) is 3.63. The summed E-state index contributed by atoms with van der Waals surface area (Å²) in [6, 6.07) is 0. The first-order chi connectivity index (χ1) is 7.31. The van der Waals surface area contributed by atoms with Gasteiger partial charge < -0.3 is 0 Å². The van der Waals surface area contributed by atoms with E-state index in [1.807, 2.05) is 13.8 Å². The smallest absolute Gasteiger partial charge is 0.296 e. The average Bonchev–Trinajstić information content (AvgIpc) is 2.46. The minimum absolute atomic E-state index is 0.0460. The van der Waals surface area contributed by atoms with Crippen LogP contribution in [0.15, 0.2) is 9.32 Å². The van der Waals surface area contributed by atoms with Crippen LogP contribution in [0.1, 0.15) is 25.6 Å². The van der Waals surface area contributed by atoms with Crippen molar-refractivity contribution in [3.8, 4) is 0 Å². The Hall–Kier alpha value is -1.15. The second kappa shape index (κ2) is 4.79. The number of nitrogens with one attached hydrogen (secondary N) is 1. The van der Waals surface area contributed by atoms with E-state index in [1.54, 1.807) is 0 Å². The van der Waals surface area contributed by atoms with E-state index in [9.17, 15) is 13.2 Å². The normalized spacial score (nSPS) is 12.2. The SMILES string of the molecule is CC(C)c1noc(=O)n1CCNS(C)(=O)=O. The molecule has 0 aliphatic carbocycles. The van der Waals surface area contributed by atoms with Gasteiger partial charge in [0.2, 0.25) is 10.0 Å². The lowest BCUT2D eigenvalue weighted by atomic mass is 10.2. The molecule has 7 nitrogen and oxygen atoms in total. The van der Waals surface area contributed by atoms with Crippen molar-refractivity contribution < 1.29 is 12.9 Å². The van der Waals surface area contributed by atoms with Crippen LogP contribution >= 0.6 is 0 Å². The molecule has 0 saturated heterocycles. The van der Waals surface area contributed by atoms with E-state index in [0.29, 0.717) is 5.82 Å². The third kappa shape index (κ3) is 3.46. The Morgan fingerprint density at radius 3 is 2.62 bits per heavy atom. The lowest BCUT2D eigenvalue weighted by Gasteiger charge is -2.06. The first kappa shape index (κ1) is 12.9. The van der Waals surface area contributed by atoms with Gasteiger partial charge in [0.1, 0.15) is 0 Å². The van der Waals surface area contributed by atoms with Gasteiger partial charge in [-0.1, -0.05) is 19.0 Å². The summed E-state index contributed by atoms with van der Waals surface area (Å²) in [4.78, 5) is 11.3. The number of hydrogen-bond acceptors (Lipinski definition) is 5. The van der Waals surface area contributed by atoms with Crippen LogP contribution in [0.25, 0.3) is 0 Å². The van der Waals surface area contributed by atoms with Gasteiger partial charge in [-0.3, -0.25) is 9.09 Å². The number of rotatable bonds is 5. The molecule has 1 N–H and O–H groups in total. The quantitative estimate of drug-likeness (QED) is 0.759. The molecule has 8 heteroatoms. The first-order valence-corrected chi connectivity index (χ1v) is 6.71. The van der Waals surface area contributed by atoms with Crippen molar-refractivity contribution in [3.05, 3.63) is 16.4 Å². The summed E-state index contributed by atoms with van der Waals surface area (Å²) < 4.78 is 29.8. The molecule has 0 bridgehead atoms. The second-order valence-corrected chi connectivity index (χ2v) is 5.61. The molecule has 0 aromatic carbocycles. The van der Waals surface area contributed by atoms with Gasteiger partial charge in [0.05, 0.1) is 6.26 Å². The van der Waals surface area contributed by atoms with Gasteiger partial charge in [-0.25, -0.2) is 17.9 Å². The third-order valence-corrected chi connectivity index (χ3v) is 2.66. The molecule has 0 aliphatic heterocycles. The van der Waals surface area contributed by atoms with Crippen molar-refractivity contribution in [1.82, 2.24) is 14.4 Å². The van der Waals surface area contributed by atoms with Crippen LogP contribution in [0.4, 0.5) is 0 Å². The molecular weight excluding hydrogens is 234 g/mol. The summed E-state index contributed by atoms with van der Waals surface area (Å²) in [6.45, 7) is 4.10. The van der Waals surface area contributed by atoms with Gasteiger partial charge >= 0.3 is 5.76 Å². The lowest BCUT2D eigenvalue weighted by Crippen LogP contribution is -2.29. The van der Waals surface area contributed by atoms with Gasteiger partial charge in [-0.2, -0.15) is 0 Å². The van der Waals surface area contributed by atoms with Crippen LogP contribution in [0, 0.1) is 0 Å². The Labute approximate surface area is 93.5 Å². The van der Waals surface area contributed by atoms with E-state index in [1.165, 1.54) is 4.57 Å². The molecule has 0 fully saturated rings. The summed E-state index contributed by atoms with van der Waals surface area (Å²) in [5.41, 5.74) is 0. The molecule has 0 amide bonds. The predicted octanol–water partition coefficient (Wildman–Crippen LogP) is -0.491. The van der Waals surface area contributed by atoms with Crippen LogP contribution < -0.4 is 10.5 Å². The average molecular weight is 249 g/mol. The van der Waals surface area contributed by atoms with Crippen LogP contribution in [0.3, 0.4) is 0 Å². The molecule has 16 heavy (non-hydrogen) atoms. The highest BCUT2D eigenvalue weighted by Crippen LogP contribution is 2.08. The monoisotopic (exact) mass is 249 g/mol. The maximum Gasteiger partial charge on any atom is 0.441 e. The topological polar surface area (TPSA) is 94.2 Å². The molecule has 1 aromatic rings. The van der Waals surface area contributed by atoms with E-state index in [4.69, 9.17) is 0 Å².